The van der Waals surface area contributed by atoms with Crippen molar-refractivity contribution in [2.24, 2.45) is 0 Å². The van der Waals surface area contributed by atoms with Crippen molar-refractivity contribution in [2.75, 3.05) is 25.0 Å². The molecular formula is C19H28N4O2. The van der Waals surface area contributed by atoms with Gasteiger partial charge in [0.15, 0.2) is 0 Å². The summed E-state index contributed by atoms with van der Waals surface area (Å²) in [4.78, 5) is 18.2. The van der Waals surface area contributed by atoms with E-state index < -0.39 is 6.09 Å². The van der Waals surface area contributed by atoms with Crippen molar-refractivity contribution < 1.29 is 9.90 Å². The highest BCUT2D eigenvalue weighted by molar-refractivity contribution is 5.88. The number of aromatic nitrogens is 2. The molecule has 0 saturated carbocycles. The van der Waals surface area contributed by atoms with Crippen molar-refractivity contribution >= 4 is 22.8 Å². The van der Waals surface area contributed by atoms with Gasteiger partial charge in [0.25, 0.3) is 0 Å². The number of hydrogen-bond acceptors (Lipinski definition) is 3. The van der Waals surface area contributed by atoms with Crippen molar-refractivity contribution in [2.45, 2.75) is 52.0 Å². The van der Waals surface area contributed by atoms with Crippen LogP contribution in [-0.4, -0.2) is 45.3 Å². The van der Waals surface area contributed by atoms with Crippen LogP contribution in [0.3, 0.4) is 0 Å². The Kier molecular flexibility index (Phi) is 4.99. The quantitative estimate of drug-likeness (QED) is 0.882. The second-order valence-corrected chi connectivity index (χ2v) is 7.87. The topological polar surface area (TPSA) is 70.4 Å². The van der Waals surface area contributed by atoms with Crippen molar-refractivity contribution in [3.05, 3.63) is 24.0 Å². The number of nitrogens with one attached hydrogen (secondary N) is 1. The molecule has 1 amide bonds. The van der Waals surface area contributed by atoms with E-state index in [0.29, 0.717) is 5.69 Å². The molecule has 1 aromatic heterocycles. The first-order valence-corrected chi connectivity index (χ1v) is 9.08. The van der Waals surface area contributed by atoms with Gasteiger partial charge in [-0.05, 0) is 44.1 Å². The summed E-state index contributed by atoms with van der Waals surface area (Å²) in [5.41, 5.74) is 2.40. The monoisotopic (exact) mass is 344 g/mol. The predicted molar refractivity (Wildman–Crippen MR) is 100 cm³/mol. The lowest BCUT2D eigenvalue weighted by atomic mass is 9.95. The van der Waals surface area contributed by atoms with Crippen LogP contribution in [-0.2, 0) is 12.0 Å². The highest BCUT2D eigenvalue weighted by atomic mass is 16.4. The van der Waals surface area contributed by atoms with Crippen molar-refractivity contribution in [1.82, 2.24) is 14.5 Å². The van der Waals surface area contributed by atoms with E-state index in [1.54, 1.807) is 0 Å². The Morgan fingerprint density at radius 2 is 1.92 bits per heavy atom. The average Bonchev–Trinajstić information content (AvgIpc) is 2.91. The van der Waals surface area contributed by atoms with Crippen LogP contribution in [0.15, 0.2) is 18.2 Å². The van der Waals surface area contributed by atoms with E-state index in [-0.39, 0.29) is 5.41 Å². The van der Waals surface area contributed by atoms with Crippen LogP contribution < -0.4 is 5.32 Å². The summed E-state index contributed by atoms with van der Waals surface area (Å²) in [5, 5.41) is 11.3. The number of carboxylic acid groups (broad SMARTS) is 1. The Bertz CT molecular complexity index is 755. The molecule has 136 valence electrons. The van der Waals surface area contributed by atoms with E-state index in [0.717, 1.165) is 29.9 Å². The summed E-state index contributed by atoms with van der Waals surface area (Å²) in [6.45, 7) is 10.8. The molecule has 0 spiro atoms. The summed E-state index contributed by atoms with van der Waals surface area (Å²) in [7, 11) is 0. The van der Waals surface area contributed by atoms with Crippen LogP contribution in [0.25, 0.3) is 11.0 Å². The lowest BCUT2D eigenvalue weighted by Gasteiger charge is -2.28. The fourth-order valence-corrected chi connectivity index (χ4v) is 3.55. The smallest absolute Gasteiger partial charge is 0.409 e. The Morgan fingerprint density at radius 1 is 1.20 bits per heavy atom. The molecule has 1 fully saturated rings. The number of hydrogen-bond donors (Lipinski definition) is 2. The molecular weight excluding hydrogens is 316 g/mol. The predicted octanol–water partition coefficient (Wildman–Crippen LogP) is 3.91. The van der Waals surface area contributed by atoms with Gasteiger partial charge in [-0.15, -0.1) is 0 Å². The number of benzene rings is 1. The van der Waals surface area contributed by atoms with E-state index in [2.05, 4.69) is 35.6 Å². The number of amides is 1. The molecule has 2 N–H and O–H groups in total. The third-order valence-electron chi connectivity index (χ3n) is 4.76. The van der Waals surface area contributed by atoms with Crippen LogP contribution in [0, 0.1) is 0 Å². The molecule has 0 bridgehead atoms. The second kappa shape index (κ2) is 7.04. The number of likely N-dealkylation sites (tertiary alicyclic amines) is 1. The molecule has 25 heavy (non-hydrogen) atoms. The molecule has 0 atom stereocenters. The van der Waals surface area contributed by atoms with E-state index in [9.17, 15) is 4.79 Å². The molecule has 1 saturated heterocycles. The van der Waals surface area contributed by atoms with Gasteiger partial charge in [0.2, 0.25) is 0 Å². The van der Waals surface area contributed by atoms with Crippen LogP contribution in [0.4, 0.5) is 10.5 Å². The van der Waals surface area contributed by atoms with E-state index in [1.165, 1.54) is 32.4 Å². The number of piperidine rings is 1. The van der Waals surface area contributed by atoms with E-state index >= 15 is 0 Å². The van der Waals surface area contributed by atoms with E-state index in [1.807, 2.05) is 18.2 Å². The maximum absolute atomic E-state index is 10.9. The molecule has 1 aromatic carbocycles. The van der Waals surface area contributed by atoms with Gasteiger partial charge in [-0.3, -0.25) is 5.32 Å². The highest BCUT2D eigenvalue weighted by Crippen LogP contribution is 2.28. The first-order valence-electron chi connectivity index (χ1n) is 9.08. The fourth-order valence-electron chi connectivity index (χ4n) is 3.55. The maximum atomic E-state index is 10.9. The lowest BCUT2D eigenvalue weighted by Crippen LogP contribution is -2.33. The van der Waals surface area contributed by atoms with Crippen LogP contribution >= 0.6 is 0 Å². The maximum Gasteiger partial charge on any atom is 0.409 e. The minimum Gasteiger partial charge on any atom is -0.465 e. The molecule has 2 aromatic rings. The van der Waals surface area contributed by atoms with Gasteiger partial charge in [0.1, 0.15) is 5.82 Å². The molecule has 0 radical (unpaired) electrons. The van der Waals surface area contributed by atoms with Crippen molar-refractivity contribution in [3.63, 3.8) is 0 Å². The zero-order valence-corrected chi connectivity index (χ0v) is 15.4. The zero-order chi connectivity index (χ0) is 18.0. The number of fused-ring (bicyclic) bond motifs is 1. The minimum atomic E-state index is -1.06. The Labute approximate surface area is 148 Å². The Balaban J connectivity index is 1.91. The number of nitrogens with zero attached hydrogens (tertiary/aromatic N) is 3. The summed E-state index contributed by atoms with van der Waals surface area (Å²) in [6, 6.07) is 5.59. The van der Waals surface area contributed by atoms with Gasteiger partial charge < -0.3 is 14.6 Å². The molecule has 3 rings (SSSR count). The molecule has 0 unspecified atom stereocenters. The van der Waals surface area contributed by atoms with Gasteiger partial charge in [-0.25, -0.2) is 9.78 Å². The standard InChI is InChI=1S/C19H28N4O2/c1-19(2,3)17-21-15-13-14(20-18(24)25)7-8-16(15)23(17)12-11-22-9-5-4-6-10-22/h7-8,13,20H,4-6,9-12H2,1-3H3,(H,24,25). The number of carbonyl (C=O) groups is 1. The minimum absolute atomic E-state index is 0.0681. The average molecular weight is 344 g/mol. The second-order valence-electron chi connectivity index (χ2n) is 7.87. The van der Waals surface area contributed by atoms with Gasteiger partial charge in [0, 0.05) is 24.2 Å². The van der Waals surface area contributed by atoms with Gasteiger partial charge in [0.05, 0.1) is 11.0 Å². The first-order chi connectivity index (χ1) is 11.8. The Hall–Kier alpha value is -2.08. The van der Waals surface area contributed by atoms with Crippen molar-refractivity contribution in [1.29, 1.82) is 0 Å². The zero-order valence-electron chi connectivity index (χ0n) is 15.4. The van der Waals surface area contributed by atoms with Crippen molar-refractivity contribution in [3.8, 4) is 0 Å². The number of rotatable bonds is 4. The molecule has 6 nitrogen and oxygen atoms in total. The first kappa shape index (κ1) is 17.7. The molecule has 6 heteroatoms. The summed E-state index contributed by atoms with van der Waals surface area (Å²) < 4.78 is 2.30. The van der Waals surface area contributed by atoms with E-state index in [4.69, 9.17) is 10.1 Å². The largest absolute Gasteiger partial charge is 0.465 e. The molecule has 2 heterocycles. The summed E-state index contributed by atoms with van der Waals surface area (Å²) >= 11 is 0. The molecule has 1 aliphatic rings. The van der Waals surface area contributed by atoms with Crippen LogP contribution in [0.1, 0.15) is 45.9 Å². The SMILES string of the molecule is CC(C)(C)c1nc2cc(NC(=O)O)ccc2n1CCN1CCCCC1. The van der Waals surface area contributed by atoms with Crippen LogP contribution in [0.5, 0.6) is 0 Å². The van der Waals surface area contributed by atoms with Gasteiger partial charge >= 0.3 is 6.09 Å². The molecule has 1 aliphatic heterocycles. The fraction of sp³-hybridized carbons (Fsp3) is 0.579. The van der Waals surface area contributed by atoms with Gasteiger partial charge in [-0.2, -0.15) is 0 Å². The normalized spacial score (nSPS) is 16.3. The van der Waals surface area contributed by atoms with Gasteiger partial charge in [-0.1, -0.05) is 27.2 Å². The summed E-state index contributed by atoms with van der Waals surface area (Å²) in [5.74, 6) is 1.05. The van der Waals surface area contributed by atoms with Crippen LogP contribution in [0.2, 0.25) is 0 Å². The summed E-state index contributed by atoms with van der Waals surface area (Å²) in [6.07, 6.45) is 2.87. The number of anilines is 1. The Morgan fingerprint density at radius 3 is 2.56 bits per heavy atom. The third-order valence-corrected chi connectivity index (χ3v) is 4.76. The third kappa shape index (κ3) is 4.12. The highest BCUT2D eigenvalue weighted by Gasteiger charge is 2.23. The molecule has 0 aliphatic carbocycles. The number of imidazole rings is 1. The lowest BCUT2D eigenvalue weighted by molar-refractivity contribution is 0.210.